The summed E-state index contributed by atoms with van der Waals surface area (Å²) >= 11 is 0. The van der Waals surface area contributed by atoms with E-state index in [-0.39, 0.29) is 11.5 Å². The van der Waals surface area contributed by atoms with Crippen LogP contribution >= 0.6 is 0 Å². The number of imidazole rings is 1. The molecule has 1 amide bonds. The zero-order chi connectivity index (χ0) is 21.1. The van der Waals surface area contributed by atoms with Gasteiger partial charge in [-0.25, -0.2) is 9.37 Å². The van der Waals surface area contributed by atoms with Crippen LogP contribution in [0.3, 0.4) is 0 Å². The van der Waals surface area contributed by atoms with Gasteiger partial charge >= 0.3 is 11.8 Å². The van der Waals surface area contributed by atoms with Crippen LogP contribution in [0.15, 0.2) is 12.1 Å². The molecule has 5 nitrogen and oxygen atoms in total. The van der Waals surface area contributed by atoms with Gasteiger partial charge in [-0.05, 0) is 32.9 Å². The highest BCUT2D eigenvalue weighted by molar-refractivity contribution is 5.92. The van der Waals surface area contributed by atoms with Gasteiger partial charge in [0, 0.05) is 37.0 Å². The summed E-state index contributed by atoms with van der Waals surface area (Å²) in [5.41, 5.74) is 0.255. The number of halogens is 5. The number of rotatable bonds is 4. The summed E-state index contributed by atoms with van der Waals surface area (Å²) < 4.78 is 68.8. The van der Waals surface area contributed by atoms with Gasteiger partial charge in [0.1, 0.15) is 5.52 Å². The SMILES string of the molecule is CNc1cc(F)c2nc(NC(=O)CC3CC(F)(F)C3(F)F)n(C(C)(C)C)c2c1. The van der Waals surface area contributed by atoms with E-state index in [1.54, 1.807) is 38.5 Å². The summed E-state index contributed by atoms with van der Waals surface area (Å²) in [5.74, 6) is -11.6. The van der Waals surface area contributed by atoms with Crippen molar-refractivity contribution in [1.29, 1.82) is 0 Å². The molecule has 1 fully saturated rings. The molecular weight excluding hydrogens is 383 g/mol. The highest BCUT2D eigenvalue weighted by Gasteiger charge is 2.71. The number of fused-ring (bicyclic) bond motifs is 1. The van der Waals surface area contributed by atoms with Crippen LogP contribution in [-0.2, 0) is 10.3 Å². The van der Waals surface area contributed by atoms with Gasteiger partial charge < -0.3 is 9.88 Å². The molecule has 1 aliphatic carbocycles. The van der Waals surface area contributed by atoms with Gasteiger partial charge in [0.2, 0.25) is 11.9 Å². The zero-order valence-electron chi connectivity index (χ0n) is 15.8. The fourth-order valence-corrected chi connectivity index (χ4v) is 3.38. The van der Waals surface area contributed by atoms with Crippen molar-refractivity contribution in [2.45, 2.75) is 51.0 Å². The fraction of sp³-hybridized carbons (Fsp3) is 0.556. The monoisotopic (exact) mass is 404 g/mol. The van der Waals surface area contributed by atoms with E-state index >= 15 is 0 Å². The van der Waals surface area contributed by atoms with Gasteiger partial charge in [0.15, 0.2) is 5.82 Å². The first-order chi connectivity index (χ1) is 12.8. The minimum absolute atomic E-state index is 0.00438. The number of aromatic nitrogens is 2. The highest BCUT2D eigenvalue weighted by Crippen LogP contribution is 2.56. The lowest BCUT2D eigenvalue weighted by Gasteiger charge is -2.43. The first-order valence-electron chi connectivity index (χ1n) is 8.73. The molecule has 10 heteroatoms. The van der Waals surface area contributed by atoms with Crippen molar-refractivity contribution < 1.29 is 26.7 Å². The molecule has 2 N–H and O–H groups in total. The fourth-order valence-electron chi connectivity index (χ4n) is 3.38. The van der Waals surface area contributed by atoms with Crippen molar-refractivity contribution in [3.05, 3.63) is 17.9 Å². The number of nitrogens with one attached hydrogen (secondary N) is 2. The molecule has 1 aliphatic rings. The van der Waals surface area contributed by atoms with E-state index in [1.807, 2.05) is 0 Å². The number of hydrogen-bond donors (Lipinski definition) is 2. The Morgan fingerprint density at radius 3 is 2.43 bits per heavy atom. The van der Waals surface area contributed by atoms with E-state index in [9.17, 15) is 26.7 Å². The number of carbonyl (C=O) groups excluding carboxylic acids is 1. The minimum Gasteiger partial charge on any atom is -0.388 e. The zero-order valence-corrected chi connectivity index (χ0v) is 15.8. The van der Waals surface area contributed by atoms with E-state index in [0.717, 1.165) is 0 Å². The van der Waals surface area contributed by atoms with Crippen molar-refractivity contribution in [2.75, 3.05) is 17.7 Å². The predicted molar refractivity (Wildman–Crippen MR) is 95.5 cm³/mol. The molecular formula is C18H21F5N4O. The van der Waals surface area contributed by atoms with Gasteiger partial charge in [0.25, 0.3) is 0 Å². The third-order valence-electron chi connectivity index (χ3n) is 4.86. The first-order valence-corrected chi connectivity index (χ1v) is 8.73. The van der Waals surface area contributed by atoms with Crippen LogP contribution in [0.1, 0.15) is 33.6 Å². The molecule has 0 bridgehead atoms. The van der Waals surface area contributed by atoms with Crippen LogP contribution in [0.5, 0.6) is 0 Å². The summed E-state index contributed by atoms with van der Waals surface area (Å²) in [4.78, 5) is 16.3. The van der Waals surface area contributed by atoms with E-state index < -0.39 is 47.9 Å². The third-order valence-corrected chi connectivity index (χ3v) is 4.86. The maximum atomic E-state index is 14.4. The average Bonchev–Trinajstić information content (AvgIpc) is 2.92. The Morgan fingerprint density at radius 2 is 1.93 bits per heavy atom. The normalized spacial score (nSPS) is 20.7. The van der Waals surface area contributed by atoms with E-state index in [2.05, 4.69) is 15.6 Å². The molecule has 3 rings (SSSR count). The van der Waals surface area contributed by atoms with Crippen LogP contribution < -0.4 is 10.6 Å². The van der Waals surface area contributed by atoms with Crippen molar-refractivity contribution >= 4 is 28.6 Å². The molecule has 1 saturated carbocycles. The quantitative estimate of drug-likeness (QED) is 0.733. The molecule has 1 atom stereocenters. The number of nitrogens with zero attached hydrogens (tertiary/aromatic N) is 2. The summed E-state index contributed by atoms with van der Waals surface area (Å²) in [5, 5.41) is 5.21. The smallest absolute Gasteiger partial charge is 0.313 e. The topological polar surface area (TPSA) is 59.0 Å². The number of amides is 1. The van der Waals surface area contributed by atoms with Gasteiger partial charge in [-0.1, -0.05) is 0 Å². The van der Waals surface area contributed by atoms with Crippen molar-refractivity contribution in [1.82, 2.24) is 9.55 Å². The first kappa shape index (κ1) is 20.3. The average molecular weight is 404 g/mol. The third kappa shape index (κ3) is 3.18. The summed E-state index contributed by atoms with van der Waals surface area (Å²) in [6, 6.07) is 2.89. The number of alkyl halides is 4. The van der Waals surface area contributed by atoms with Gasteiger partial charge in [-0.3, -0.25) is 10.1 Å². The van der Waals surface area contributed by atoms with E-state index in [0.29, 0.717) is 11.2 Å². The predicted octanol–water partition coefficient (Wildman–Crippen LogP) is 4.59. The lowest BCUT2D eigenvalue weighted by molar-refractivity contribution is -0.313. The molecule has 0 spiro atoms. The van der Waals surface area contributed by atoms with Gasteiger partial charge in [-0.15, -0.1) is 0 Å². The molecule has 28 heavy (non-hydrogen) atoms. The Bertz CT molecular complexity index is 932. The standard InChI is InChI=1S/C18H21F5N4O/c1-16(2,3)27-12-7-10(24-4)6-11(19)14(12)26-15(27)25-13(28)5-9-8-17(20,21)18(9,22)23/h6-7,9,24H,5,8H2,1-4H3,(H,25,26,28). The van der Waals surface area contributed by atoms with Crippen LogP contribution in [0.4, 0.5) is 33.6 Å². The lowest BCUT2D eigenvalue weighted by atomic mass is 9.74. The Morgan fingerprint density at radius 1 is 1.29 bits per heavy atom. The van der Waals surface area contributed by atoms with E-state index in [4.69, 9.17) is 0 Å². The maximum Gasteiger partial charge on any atom is 0.313 e. The number of anilines is 2. The van der Waals surface area contributed by atoms with Gasteiger partial charge in [0.05, 0.1) is 5.52 Å². The number of carbonyl (C=O) groups is 1. The molecule has 1 unspecified atom stereocenters. The molecule has 0 aliphatic heterocycles. The lowest BCUT2D eigenvalue weighted by Crippen LogP contribution is -2.59. The molecule has 154 valence electrons. The Kier molecular flexibility index (Phi) is 4.59. The van der Waals surface area contributed by atoms with Crippen molar-refractivity contribution in [2.24, 2.45) is 5.92 Å². The summed E-state index contributed by atoms with van der Waals surface area (Å²) in [7, 11) is 1.62. The molecule has 1 aromatic heterocycles. The van der Waals surface area contributed by atoms with Crippen LogP contribution in [-0.4, -0.2) is 34.4 Å². The molecule has 0 saturated heterocycles. The van der Waals surface area contributed by atoms with Crippen LogP contribution in [0.2, 0.25) is 0 Å². The molecule has 1 heterocycles. The largest absolute Gasteiger partial charge is 0.388 e. The second-order valence-corrected chi connectivity index (χ2v) is 8.00. The summed E-state index contributed by atoms with van der Waals surface area (Å²) in [6.07, 6.45) is -1.83. The van der Waals surface area contributed by atoms with Crippen molar-refractivity contribution in [3.8, 4) is 0 Å². The van der Waals surface area contributed by atoms with E-state index in [1.165, 1.54) is 6.07 Å². The van der Waals surface area contributed by atoms with Gasteiger partial charge in [-0.2, -0.15) is 17.6 Å². The highest BCUT2D eigenvalue weighted by atomic mass is 19.3. The second-order valence-electron chi connectivity index (χ2n) is 8.00. The molecule has 0 radical (unpaired) electrons. The molecule has 1 aromatic carbocycles. The Labute approximate surface area is 158 Å². The minimum atomic E-state index is -4.22. The molecule has 2 aromatic rings. The number of hydrogen-bond acceptors (Lipinski definition) is 3. The number of benzene rings is 1. The maximum absolute atomic E-state index is 14.4. The van der Waals surface area contributed by atoms with Crippen molar-refractivity contribution in [3.63, 3.8) is 0 Å². The van der Waals surface area contributed by atoms with Crippen LogP contribution in [0, 0.1) is 11.7 Å². The van der Waals surface area contributed by atoms with Crippen LogP contribution in [0.25, 0.3) is 11.0 Å². The Balaban J connectivity index is 1.93. The Hall–Kier alpha value is -2.39. The summed E-state index contributed by atoms with van der Waals surface area (Å²) in [6.45, 7) is 5.40. The second kappa shape index (κ2) is 6.31.